The van der Waals surface area contributed by atoms with Crippen LogP contribution in [0, 0.1) is 17.0 Å². The molecule has 1 atom stereocenters. The van der Waals surface area contributed by atoms with Gasteiger partial charge in [0.15, 0.2) is 0 Å². The maximum atomic E-state index is 13.6. The van der Waals surface area contributed by atoms with Crippen LogP contribution in [0.1, 0.15) is 24.8 Å². The molecule has 2 aliphatic rings. The second kappa shape index (κ2) is 11.0. The molecule has 2 aliphatic heterocycles. The molecule has 190 valence electrons. The van der Waals surface area contributed by atoms with Gasteiger partial charge in [0, 0.05) is 44.1 Å². The van der Waals surface area contributed by atoms with E-state index in [1.165, 1.54) is 4.31 Å². The molecule has 7 nitrogen and oxygen atoms in total. The highest BCUT2D eigenvalue weighted by molar-refractivity contribution is 7.88. The van der Waals surface area contributed by atoms with Crippen LogP contribution in [-0.2, 0) is 25.3 Å². The lowest BCUT2D eigenvalue weighted by atomic mass is 9.78. The number of carbonyl (C=O) groups excluding carboxylic acids is 1. The van der Waals surface area contributed by atoms with Gasteiger partial charge in [-0.3, -0.25) is 4.79 Å². The van der Waals surface area contributed by atoms with Crippen molar-refractivity contribution < 1.29 is 31.5 Å². The first-order chi connectivity index (χ1) is 16.7. The molecule has 2 fully saturated rings. The van der Waals surface area contributed by atoms with Gasteiger partial charge < -0.3 is 14.4 Å². The predicted octanol–water partition coefficient (Wildman–Crippen LogP) is 3.20. The molecular formula is C25H30F2N2O5S. The molecule has 1 amide bonds. The minimum absolute atomic E-state index is 0.0450. The highest BCUT2D eigenvalue weighted by atomic mass is 32.2. The maximum absolute atomic E-state index is 13.6. The Labute approximate surface area is 204 Å². The number of nitrogens with zero attached hydrogens (tertiary/aromatic N) is 2. The van der Waals surface area contributed by atoms with Crippen molar-refractivity contribution >= 4 is 15.9 Å². The Morgan fingerprint density at radius 1 is 1.03 bits per heavy atom. The number of hydrogen-bond acceptors (Lipinski definition) is 5. The Morgan fingerprint density at radius 3 is 2.40 bits per heavy atom. The highest BCUT2D eigenvalue weighted by Gasteiger charge is 2.43. The Hall–Kier alpha value is -2.56. The lowest BCUT2D eigenvalue weighted by molar-refractivity contribution is -0.139. The molecule has 0 aromatic heterocycles. The summed E-state index contributed by atoms with van der Waals surface area (Å²) in [5.41, 5.74) is -0.687. The van der Waals surface area contributed by atoms with Gasteiger partial charge in [-0.05, 0) is 42.7 Å². The molecule has 2 saturated heterocycles. The summed E-state index contributed by atoms with van der Waals surface area (Å²) < 4.78 is 66.5. The van der Waals surface area contributed by atoms with E-state index in [-0.39, 0.29) is 37.6 Å². The number of halogens is 2. The van der Waals surface area contributed by atoms with E-state index in [0.717, 1.165) is 12.1 Å². The summed E-state index contributed by atoms with van der Waals surface area (Å²) in [5.74, 6) is -1.59. The lowest BCUT2D eigenvalue weighted by Crippen LogP contribution is -2.52. The van der Waals surface area contributed by atoms with Crippen LogP contribution in [-0.4, -0.2) is 69.5 Å². The van der Waals surface area contributed by atoms with Crippen LogP contribution in [0.15, 0.2) is 48.5 Å². The van der Waals surface area contributed by atoms with Crippen molar-refractivity contribution in [1.82, 2.24) is 9.21 Å². The van der Waals surface area contributed by atoms with Gasteiger partial charge in [-0.1, -0.05) is 18.2 Å². The van der Waals surface area contributed by atoms with E-state index >= 15 is 0 Å². The van der Waals surface area contributed by atoms with Gasteiger partial charge >= 0.3 is 0 Å². The third kappa shape index (κ3) is 6.77. The fourth-order valence-corrected chi connectivity index (χ4v) is 6.36. The van der Waals surface area contributed by atoms with E-state index in [1.807, 2.05) is 30.3 Å². The van der Waals surface area contributed by atoms with E-state index in [0.29, 0.717) is 51.0 Å². The quantitative estimate of drug-likeness (QED) is 0.548. The van der Waals surface area contributed by atoms with Crippen LogP contribution < -0.4 is 4.74 Å². The minimum Gasteiger partial charge on any atom is -0.493 e. The lowest BCUT2D eigenvalue weighted by Gasteiger charge is -2.42. The zero-order chi connectivity index (χ0) is 24.9. The highest BCUT2D eigenvalue weighted by Crippen LogP contribution is 2.37. The molecule has 0 radical (unpaired) electrons. The van der Waals surface area contributed by atoms with Crippen molar-refractivity contribution in [2.75, 3.05) is 46.0 Å². The van der Waals surface area contributed by atoms with Crippen molar-refractivity contribution in [1.29, 1.82) is 0 Å². The summed E-state index contributed by atoms with van der Waals surface area (Å²) in [5, 5.41) is 0. The van der Waals surface area contributed by atoms with E-state index < -0.39 is 32.8 Å². The normalized spacial score (nSPS) is 21.6. The van der Waals surface area contributed by atoms with Crippen LogP contribution >= 0.6 is 0 Å². The van der Waals surface area contributed by atoms with Crippen LogP contribution in [0.2, 0.25) is 0 Å². The Balaban J connectivity index is 1.54. The van der Waals surface area contributed by atoms with Crippen LogP contribution in [0.4, 0.5) is 8.78 Å². The third-order valence-corrected chi connectivity index (χ3v) is 8.27. The summed E-state index contributed by atoms with van der Waals surface area (Å²) in [6, 6.07) is 11.9. The molecule has 4 rings (SSSR count). The zero-order valence-electron chi connectivity index (χ0n) is 19.5. The molecule has 0 bridgehead atoms. The summed E-state index contributed by atoms with van der Waals surface area (Å²) in [7, 11) is -3.89. The zero-order valence-corrected chi connectivity index (χ0v) is 20.3. The molecule has 10 heteroatoms. The summed E-state index contributed by atoms with van der Waals surface area (Å²) in [4.78, 5) is 14.9. The topological polar surface area (TPSA) is 76.2 Å². The molecular weight excluding hydrogens is 478 g/mol. The SMILES string of the molecule is O=C(C[C@@]1(COc2ccccc2)CCCN(S(=O)(=O)Cc2cc(F)cc(F)c2)C1)N1CCOCC1. The van der Waals surface area contributed by atoms with Crippen molar-refractivity contribution in [2.45, 2.75) is 25.0 Å². The number of amides is 1. The van der Waals surface area contributed by atoms with Gasteiger partial charge in [-0.2, -0.15) is 0 Å². The van der Waals surface area contributed by atoms with E-state index in [4.69, 9.17) is 9.47 Å². The number of sulfonamides is 1. The second-order valence-corrected chi connectivity index (χ2v) is 11.2. The molecule has 0 aliphatic carbocycles. The summed E-state index contributed by atoms with van der Waals surface area (Å²) in [6.45, 7) is 2.50. The monoisotopic (exact) mass is 508 g/mol. The number of para-hydroxylation sites is 1. The number of benzene rings is 2. The number of morpholine rings is 1. The second-order valence-electron chi connectivity index (χ2n) is 9.24. The number of rotatable bonds is 8. The van der Waals surface area contributed by atoms with Crippen molar-refractivity contribution in [3.05, 3.63) is 65.7 Å². The van der Waals surface area contributed by atoms with Crippen molar-refractivity contribution in [2.24, 2.45) is 5.41 Å². The van der Waals surface area contributed by atoms with Gasteiger partial charge in [0.05, 0.1) is 25.6 Å². The maximum Gasteiger partial charge on any atom is 0.223 e. The molecule has 2 aromatic carbocycles. The molecule has 0 N–H and O–H groups in total. The Bertz CT molecular complexity index is 1110. The van der Waals surface area contributed by atoms with E-state index in [1.54, 1.807) is 4.90 Å². The van der Waals surface area contributed by atoms with Gasteiger partial charge in [-0.15, -0.1) is 0 Å². The average molecular weight is 509 g/mol. The molecule has 35 heavy (non-hydrogen) atoms. The van der Waals surface area contributed by atoms with Gasteiger partial charge in [-0.25, -0.2) is 21.5 Å². The summed E-state index contributed by atoms with van der Waals surface area (Å²) in [6.07, 6.45) is 1.31. The largest absolute Gasteiger partial charge is 0.493 e. The van der Waals surface area contributed by atoms with Crippen LogP contribution in [0.3, 0.4) is 0 Å². The van der Waals surface area contributed by atoms with Crippen molar-refractivity contribution in [3.63, 3.8) is 0 Å². The van der Waals surface area contributed by atoms with Crippen LogP contribution in [0.5, 0.6) is 5.75 Å². The number of ether oxygens (including phenoxy) is 2. The van der Waals surface area contributed by atoms with E-state index in [9.17, 15) is 22.0 Å². The first-order valence-corrected chi connectivity index (χ1v) is 13.3. The minimum atomic E-state index is -3.89. The van der Waals surface area contributed by atoms with Gasteiger partial charge in [0.25, 0.3) is 0 Å². The first-order valence-electron chi connectivity index (χ1n) is 11.7. The summed E-state index contributed by atoms with van der Waals surface area (Å²) >= 11 is 0. The molecule has 0 spiro atoms. The smallest absolute Gasteiger partial charge is 0.223 e. The van der Waals surface area contributed by atoms with Crippen molar-refractivity contribution in [3.8, 4) is 5.75 Å². The fraction of sp³-hybridized carbons (Fsp3) is 0.480. The number of hydrogen-bond donors (Lipinski definition) is 0. The first kappa shape index (κ1) is 25.5. The van der Waals surface area contributed by atoms with E-state index in [2.05, 4.69) is 0 Å². The molecule has 0 saturated carbocycles. The molecule has 0 unspecified atom stereocenters. The number of carbonyl (C=O) groups is 1. The predicted molar refractivity (Wildman–Crippen MR) is 126 cm³/mol. The Kier molecular flexibility index (Phi) is 8.03. The average Bonchev–Trinajstić information content (AvgIpc) is 2.83. The van der Waals surface area contributed by atoms with Crippen LogP contribution in [0.25, 0.3) is 0 Å². The molecule has 2 aromatic rings. The number of piperidine rings is 1. The third-order valence-electron chi connectivity index (χ3n) is 6.47. The molecule has 2 heterocycles. The fourth-order valence-electron chi connectivity index (χ4n) is 4.71. The van der Waals surface area contributed by atoms with Gasteiger partial charge in [0.1, 0.15) is 17.4 Å². The standard InChI is InChI=1S/C25H30F2N2O5S/c26-21-13-20(14-22(27)15-21)17-35(31,32)29-8-4-7-25(18-29,19-34-23-5-2-1-3-6-23)16-24(30)28-9-11-33-12-10-28/h1-3,5-6,13-15H,4,7-12,16-19H2/t25-/m0/s1. The van der Waals surface area contributed by atoms with Gasteiger partial charge in [0.2, 0.25) is 15.9 Å². The Morgan fingerprint density at radius 2 is 1.71 bits per heavy atom.